The standard InChI is InChI=1S/C21H22F3N5O9S/c22-21(23,24)19(31)38-18(30)17(28-39(34,35)16-4-1-3-14(12-16)29(32)33)11-13-5-7-15(8-6-13)36-9-2-10-37-27-20(25)26/h1,3-8,12,17,28H,2,9-11H2,(H4,25,26,27)/t17-/m0/s1. The number of halogens is 3. The fraction of sp³-hybridized carbons (Fsp3) is 0.286. The average Bonchev–Trinajstić information content (AvgIpc) is 2.85. The Morgan fingerprint density at radius 1 is 1.10 bits per heavy atom. The summed E-state index contributed by atoms with van der Waals surface area (Å²) >= 11 is 0. The molecule has 0 heterocycles. The van der Waals surface area contributed by atoms with Crippen LogP contribution in [0.15, 0.2) is 58.6 Å². The van der Waals surface area contributed by atoms with Crippen molar-refractivity contribution in [3.8, 4) is 5.75 Å². The summed E-state index contributed by atoms with van der Waals surface area (Å²) in [6.45, 7) is 0.345. The molecule has 18 heteroatoms. The molecule has 0 bridgehead atoms. The molecule has 39 heavy (non-hydrogen) atoms. The first-order chi connectivity index (χ1) is 18.2. The van der Waals surface area contributed by atoms with Gasteiger partial charge in [-0.3, -0.25) is 10.1 Å². The van der Waals surface area contributed by atoms with Gasteiger partial charge in [0, 0.05) is 18.6 Å². The number of ether oxygens (including phenoxy) is 2. The van der Waals surface area contributed by atoms with Crippen LogP contribution in [-0.2, 0) is 35.6 Å². The van der Waals surface area contributed by atoms with Gasteiger partial charge in [0.05, 0.1) is 16.4 Å². The van der Waals surface area contributed by atoms with Gasteiger partial charge in [0.15, 0.2) is 0 Å². The Hall–Kier alpha value is -4.45. The number of nitrogens with two attached hydrogens (primary N) is 2. The van der Waals surface area contributed by atoms with E-state index < -0.39 is 56.1 Å². The van der Waals surface area contributed by atoms with Crippen LogP contribution >= 0.6 is 0 Å². The van der Waals surface area contributed by atoms with Gasteiger partial charge in [-0.15, -0.1) is 0 Å². The van der Waals surface area contributed by atoms with E-state index >= 15 is 0 Å². The van der Waals surface area contributed by atoms with Gasteiger partial charge in [0.1, 0.15) is 18.4 Å². The summed E-state index contributed by atoms with van der Waals surface area (Å²) < 4.78 is 74.5. The number of alkyl halides is 3. The van der Waals surface area contributed by atoms with Crippen molar-refractivity contribution >= 4 is 33.6 Å². The molecule has 1 atom stereocenters. The third kappa shape index (κ3) is 10.1. The zero-order chi connectivity index (χ0) is 29.2. The van der Waals surface area contributed by atoms with Crippen LogP contribution in [0.5, 0.6) is 5.75 Å². The molecule has 2 rings (SSSR count). The first-order valence-electron chi connectivity index (χ1n) is 10.7. The molecule has 0 aliphatic carbocycles. The molecule has 0 amide bonds. The summed E-state index contributed by atoms with van der Waals surface area (Å²) in [6.07, 6.45) is -5.67. The van der Waals surface area contributed by atoms with Crippen LogP contribution in [0.3, 0.4) is 0 Å². The molecule has 0 saturated carbocycles. The predicted molar refractivity (Wildman–Crippen MR) is 126 cm³/mol. The van der Waals surface area contributed by atoms with Gasteiger partial charge in [-0.2, -0.15) is 17.9 Å². The van der Waals surface area contributed by atoms with E-state index in [0.29, 0.717) is 18.2 Å². The van der Waals surface area contributed by atoms with Crippen LogP contribution in [0.1, 0.15) is 12.0 Å². The van der Waals surface area contributed by atoms with Gasteiger partial charge in [-0.1, -0.05) is 18.2 Å². The Kier molecular flexibility index (Phi) is 10.6. The molecule has 0 unspecified atom stereocenters. The molecule has 0 aromatic heterocycles. The van der Waals surface area contributed by atoms with Crippen LogP contribution in [0, 0.1) is 10.1 Å². The number of nitro groups is 1. The Bertz CT molecular complexity index is 1320. The summed E-state index contributed by atoms with van der Waals surface area (Å²) in [7, 11) is -4.69. The van der Waals surface area contributed by atoms with Crippen LogP contribution in [-0.4, -0.2) is 56.7 Å². The maximum atomic E-state index is 12.8. The van der Waals surface area contributed by atoms with Gasteiger partial charge in [-0.25, -0.2) is 18.0 Å². The van der Waals surface area contributed by atoms with E-state index in [-0.39, 0.29) is 24.7 Å². The number of rotatable bonds is 13. The van der Waals surface area contributed by atoms with Crippen molar-refractivity contribution in [1.29, 1.82) is 0 Å². The number of nitro benzene ring substituents is 1. The fourth-order valence-electron chi connectivity index (χ4n) is 2.80. The number of nitrogens with one attached hydrogen (secondary N) is 1. The molecular weight excluding hydrogens is 555 g/mol. The zero-order valence-electron chi connectivity index (χ0n) is 19.8. The molecule has 0 saturated heterocycles. The van der Waals surface area contributed by atoms with E-state index in [1.807, 2.05) is 4.72 Å². The summed E-state index contributed by atoms with van der Waals surface area (Å²) in [4.78, 5) is 37.8. The highest BCUT2D eigenvalue weighted by atomic mass is 32.2. The van der Waals surface area contributed by atoms with Gasteiger partial charge in [0.25, 0.3) is 5.69 Å². The van der Waals surface area contributed by atoms with E-state index in [4.69, 9.17) is 21.0 Å². The smallest absolute Gasteiger partial charge is 0.491 e. The van der Waals surface area contributed by atoms with Gasteiger partial charge in [-0.05, 0) is 35.3 Å². The number of benzene rings is 2. The van der Waals surface area contributed by atoms with Gasteiger partial charge < -0.3 is 25.8 Å². The maximum Gasteiger partial charge on any atom is 0.491 e. The monoisotopic (exact) mass is 577 g/mol. The highest BCUT2D eigenvalue weighted by molar-refractivity contribution is 7.89. The maximum absolute atomic E-state index is 12.8. The molecular formula is C21H22F3N5O9S. The molecule has 212 valence electrons. The van der Waals surface area contributed by atoms with Crippen LogP contribution in [0.2, 0.25) is 0 Å². The molecule has 0 aliphatic rings. The van der Waals surface area contributed by atoms with Crippen molar-refractivity contribution in [2.75, 3.05) is 13.2 Å². The number of nitrogens with zero attached hydrogens (tertiary/aromatic N) is 2. The van der Waals surface area contributed by atoms with Crippen LogP contribution in [0.25, 0.3) is 0 Å². The minimum Gasteiger partial charge on any atom is -0.493 e. The number of guanidine groups is 1. The minimum atomic E-state index is -5.52. The SMILES string of the molecule is NC(N)=NOCCCOc1ccc(C[C@H](NS(=O)(=O)c2cccc([N+](=O)[O-])c2)C(=O)OC(=O)C(F)(F)F)cc1. The third-order valence-electron chi connectivity index (χ3n) is 4.53. The number of carbonyl (C=O) groups excluding carboxylic acids is 2. The number of sulfonamides is 1. The van der Waals surface area contributed by atoms with Crippen molar-refractivity contribution in [3.05, 3.63) is 64.2 Å². The highest BCUT2D eigenvalue weighted by Gasteiger charge is 2.44. The number of hydrogen-bond donors (Lipinski definition) is 3. The average molecular weight is 577 g/mol. The number of oxime groups is 1. The molecule has 2 aromatic rings. The van der Waals surface area contributed by atoms with Crippen molar-refractivity contribution in [1.82, 2.24) is 4.72 Å². The van der Waals surface area contributed by atoms with E-state index in [9.17, 15) is 41.3 Å². The van der Waals surface area contributed by atoms with Crippen molar-refractivity contribution < 1.29 is 50.4 Å². The summed E-state index contributed by atoms with van der Waals surface area (Å²) in [5.41, 5.74) is 9.85. The van der Waals surface area contributed by atoms with Crippen molar-refractivity contribution in [3.63, 3.8) is 0 Å². The van der Waals surface area contributed by atoms with Gasteiger partial charge in [0.2, 0.25) is 16.0 Å². The van der Waals surface area contributed by atoms with Crippen molar-refractivity contribution in [2.24, 2.45) is 16.6 Å². The normalized spacial score (nSPS) is 12.2. The van der Waals surface area contributed by atoms with E-state index in [1.54, 1.807) is 0 Å². The first-order valence-corrected chi connectivity index (χ1v) is 12.2. The number of non-ortho nitro benzene ring substituents is 1. The summed E-state index contributed by atoms with van der Waals surface area (Å²) in [6, 6.07) is 7.34. The molecule has 0 radical (unpaired) electrons. The topological polar surface area (TPSA) is 216 Å². The molecule has 0 fully saturated rings. The van der Waals surface area contributed by atoms with E-state index in [2.05, 4.69) is 9.89 Å². The lowest BCUT2D eigenvalue weighted by Crippen LogP contribution is -2.45. The Balaban J connectivity index is 2.17. The number of esters is 2. The highest BCUT2D eigenvalue weighted by Crippen LogP contribution is 2.21. The Labute approximate surface area is 218 Å². The fourth-order valence-corrected chi connectivity index (χ4v) is 4.03. The van der Waals surface area contributed by atoms with E-state index in [0.717, 1.165) is 18.2 Å². The Morgan fingerprint density at radius 3 is 2.36 bits per heavy atom. The van der Waals surface area contributed by atoms with Crippen LogP contribution < -0.4 is 20.9 Å². The molecule has 0 aliphatic heterocycles. The zero-order valence-corrected chi connectivity index (χ0v) is 20.6. The predicted octanol–water partition coefficient (Wildman–Crippen LogP) is 1.09. The lowest BCUT2D eigenvalue weighted by molar-refractivity contribution is -0.385. The largest absolute Gasteiger partial charge is 0.493 e. The molecule has 2 aromatic carbocycles. The quantitative estimate of drug-likeness (QED) is 0.0582. The lowest BCUT2D eigenvalue weighted by Gasteiger charge is -2.18. The molecule has 0 spiro atoms. The van der Waals surface area contributed by atoms with Crippen molar-refractivity contribution in [2.45, 2.75) is 30.0 Å². The number of carbonyl (C=O) groups is 2. The summed E-state index contributed by atoms with van der Waals surface area (Å²) in [5.74, 6) is -4.58. The molecule has 14 nitrogen and oxygen atoms in total. The van der Waals surface area contributed by atoms with Gasteiger partial charge >= 0.3 is 18.1 Å². The minimum absolute atomic E-state index is 0.154. The molecule has 5 N–H and O–H groups in total. The second-order valence-electron chi connectivity index (χ2n) is 7.53. The van der Waals surface area contributed by atoms with Crippen LogP contribution in [0.4, 0.5) is 18.9 Å². The third-order valence-corrected chi connectivity index (χ3v) is 6.00. The second-order valence-corrected chi connectivity index (χ2v) is 9.25. The van der Waals surface area contributed by atoms with E-state index in [1.165, 1.54) is 24.3 Å². The number of hydrogen-bond acceptors (Lipinski definition) is 10. The first kappa shape index (κ1) is 30.8. The summed E-state index contributed by atoms with van der Waals surface area (Å²) in [5, 5.41) is 14.3. The lowest BCUT2D eigenvalue weighted by atomic mass is 10.1. The second kappa shape index (κ2) is 13.4. The Morgan fingerprint density at radius 2 is 1.77 bits per heavy atom.